The van der Waals surface area contributed by atoms with Gasteiger partial charge in [0.05, 0.1) is 18.6 Å². The number of amides is 1. The van der Waals surface area contributed by atoms with Crippen molar-refractivity contribution < 1.29 is 19.4 Å². The van der Waals surface area contributed by atoms with Crippen LogP contribution in [0.4, 0.5) is 5.69 Å². The van der Waals surface area contributed by atoms with Crippen LogP contribution in [0, 0.1) is 10.1 Å². The zero-order valence-corrected chi connectivity index (χ0v) is 10.9. The molecule has 19 heavy (non-hydrogen) atoms. The van der Waals surface area contributed by atoms with Gasteiger partial charge in [-0.3, -0.25) is 14.9 Å². The maximum atomic E-state index is 12.0. The molecule has 0 saturated heterocycles. The van der Waals surface area contributed by atoms with Crippen LogP contribution in [0.3, 0.4) is 0 Å². The summed E-state index contributed by atoms with van der Waals surface area (Å²) < 4.78 is 0. The molecule has 0 heterocycles. The first-order chi connectivity index (χ1) is 9.10. The summed E-state index contributed by atoms with van der Waals surface area (Å²) in [5, 5.41) is 11.3. The summed E-state index contributed by atoms with van der Waals surface area (Å²) in [4.78, 5) is 31.9. The van der Waals surface area contributed by atoms with Gasteiger partial charge >= 0.3 is 5.91 Å². The molecule has 0 aliphatic heterocycles. The zero-order chi connectivity index (χ0) is 14.3. The molecule has 7 heteroatoms. The lowest BCUT2D eigenvalue weighted by Crippen LogP contribution is -2.30. The summed E-state index contributed by atoms with van der Waals surface area (Å²) in [6.07, 6.45) is 1.73. The normalized spacial score (nSPS) is 10.2. The molecular formula is C12H16N2O5. The van der Waals surface area contributed by atoms with Crippen LogP contribution < -0.4 is 0 Å². The summed E-state index contributed by atoms with van der Waals surface area (Å²) in [6.45, 7) is 2.36. The highest BCUT2D eigenvalue weighted by atomic mass is 16.9. The van der Waals surface area contributed by atoms with Crippen molar-refractivity contribution in [3.05, 3.63) is 39.9 Å². The number of nitro groups is 1. The average Bonchev–Trinajstić information content (AvgIpc) is 2.43. The molecule has 1 aromatic carbocycles. The van der Waals surface area contributed by atoms with Crippen LogP contribution in [0.15, 0.2) is 24.3 Å². The molecule has 104 valence electrons. The predicted octanol–water partition coefficient (Wildman–Crippen LogP) is 2.33. The summed E-state index contributed by atoms with van der Waals surface area (Å²) in [7, 11) is 1.31. The number of unbranched alkanes of at least 4 members (excludes halogenated alkanes) is 1. The van der Waals surface area contributed by atoms with Gasteiger partial charge in [0.1, 0.15) is 0 Å². The molecule has 0 fully saturated rings. The molecule has 0 aliphatic rings. The quantitative estimate of drug-likeness (QED) is 0.430. The lowest BCUT2D eigenvalue weighted by atomic mass is 10.2. The van der Waals surface area contributed by atoms with Crippen molar-refractivity contribution in [1.82, 2.24) is 5.23 Å². The van der Waals surface area contributed by atoms with Gasteiger partial charge in [0.15, 0.2) is 0 Å². The van der Waals surface area contributed by atoms with Gasteiger partial charge in [-0.25, -0.2) is 9.68 Å². The van der Waals surface area contributed by atoms with Crippen LogP contribution in [0.5, 0.6) is 0 Å². The highest BCUT2D eigenvalue weighted by Gasteiger charge is 2.17. The molecule has 1 amide bonds. The van der Waals surface area contributed by atoms with E-state index < -0.39 is 10.8 Å². The first kappa shape index (κ1) is 15.1. The Hall–Kier alpha value is -1.99. The van der Waals surface area contributed by atoms with Gasteiger partial charge in [0, 0.05) is 17.7 Å². The van der Waals surface area contributed by atoms with Gasteiger partial charge in [-0.2, -0.15) is 0 Å². The van der Waals surface area contributed by atoms with Crippen molar-refractivity contribution in [2.24, 2.45) is 0 Å². The zero-order valence-electron chi connectivity index (χ0n) is 10.9. The van der Waals surface area contributed by atoms with E-state index in [1.165, 1.54) is 31.4 Å². The highest BCUT2D eigenvalue weighted by molar-refractivity contribution is 5.93. The van der Waals surface area contributed by atoms with E-state index in [1.807, 2.05) is 6.92 Å². The van der Waals surface area contributed by atoms with E-state index in [0.717, 1.165) is 18.1 Å². The number of hydrogen-bond donors (Lipinski definition) is 0. The highest BCUT2D eigenvalue weighted by Crippen LogP contribution is 2.14. The van der Waals surface area contributed by atoms with Crippen molar-refractivity contribution in [2.75, 3.05) is 13.7 Å². The number of carbonyl (C=O) groups excluding carboxylic acids is 1. The van der Waals surface area contributed by atoms with E-state index in [1.54, 1.807) is 0 Å². The van der Waals surface area contributed by atoms with Crippen molar-refractivity contribution in [2.45, 2.75) is 19.8 Å². The van der Waals surface area contributed by atoms with E-state index in [0.29, 0.717) is 6.61 Å². The minimum Gasteiger partial charge on any atom is -0.264 e. The third kappa shape index (κ3) is 4.31. The molecule has 7 nitrogen and oxygen atoms in total. The van der Waals surface area contributed by atoms with Crippen molar-refractivity contribution in [3.63, 3.8) is 0 Å². The largest absolute Gasteiger partial charge is 0.303 e. The molecule has 0 radical (unpaired) electrons. The molecular weight excluding hydrogens is 252 g/mol. The Bertz CT molecular complexity index is 432. The number of non-ortho nitro benzene ring substituents is 1. The minimum atomic E-state index is -0.528. The molecule has 1 aromatic rings. The van der Waals surface area contributed by atoms with Crippen molar-refractivity contribution in [1.29, 1.82) is 0 Å². The molecule has 0 bridgehead atoms. The number of nitro benzene ring substituents is 1. The predicted molar refractivity (Wildman–Crippen MR) is 67.1 cm³/mol. The second kappa shape index (κ2) is 7.45. The van der Waals surface area contributed by atoms with Gasteiger partial charge in [0.25, 0.3) is 5.69 Å². The molecule has 0 spiro atoms. The first-order valence-electron chi connectivity index (χ1n) is 5.86. The summed E-state index contributed by atoms with van der Waals surface area (Å²) in [5.41, 5.74) is 0.177. The summed E-state index contributed by atoms with van der Waals surface area (Å²) >= 11 is 0. The SMILES string of the molecule is CCCCON(OC)C(=O)c1ccc([N+](=O)[O-])cc1. The second-order valence-corrected chi connectivity index (χ2v) is 3.74. The van der Waals surface area contributed by atoms with Crippen LogP contribution in [0.1, 0.15) is 30.1 Å². The molecule has 0 aliphatic carbocycles. The van der Waals surface area contributed by atoms with Gasteiger partial charge in [0.2, 0.25) is 0 Å². The number of nitrogens with zero attached hydrogens (tertiary/aromatic N) is 2. The lowest BCUT2D eigenvalue weighted by Gasteiger charge is -2.18. The third-order valence-corrected chi connectivity index (χ3v) is 2.36. The lowest BCUT2D eigenvalue weighted by molar-refractivity contribution is -0.384. The summed E-state index contributed by atoms with van der Waals surface area (Å²) in [6, 6.07) is 5.23. The fraction of sp³-hybridized carbons (Fsp3) is 0.417. The van der Waals surface area contributed by atoms with Gasteiger partial charge in [-0.05, 0) is 18.6 Å². The Kier molecular flexibility index (Phi) is 5.91. The van der Waals surface area contributed by atoms with Gasteiger partial charge < -0.3 is 0 Å². The monoisotopic (exact) mass is 268 g/mol. The second-order valence-electron chi connectivity index (χ2n) is 3.74. The Morgan fingerprint density at radius 3 is 2.47 bits per heavy atom. The molecule has 0 N–H and O–H groups in total. The van der Waals surface area contributed by atoms with E-state index in [2.05, 4.69) is 0 Å². The topological polar surface area (TPSA) is 81.9 Å². The number of benzene rings is 1. The van der Waals surface area contributed by atoms with Crippen LogP contribution >= 0.6 is 0 Å². The van der Waals surface area contributed by atoms with Crippen LogP contribution in [-0.4, -0.2) is 29.8 Å². The number of rotatable bonds is 7. The maximum Gasteiger partial charge on any atom is 0.303 e. The fourth-order valence-electron chi connectivity index (χ4n) is 1.32. The van der Waals surface area contributed by atoms with Crippen LogP contribution in [0.2, 0.25) is 0 Å². The molecule has 1 rings (SSSR count). The smallest absolute Gasteiger partial charge is 0.264 e. The van der Waals surface area contributed by atoms with Gasteiger partial charge in [-0.1, -0.05) is 18.6 Å². The van der Waals surface area contributed by atoms with Crippen LogP contribution in [-0.2, 0) is 9.68 Å². The molecule has 0 aromatic heterocycles. The first-order valence-corrected chi connectivity index (χ1v) is 5.86. The maximum absolute atomic E-state index is 12.0. The van der Waals surface area contributed by atoms with Gasteiger partial charge in [-0.15, -0.1) is 0 Å². The van der Waals surface area contributed by atoms with E-state index in [4.69, 9.17) is 9.68 Å². The van der Waals surface area contributed by atoms with E-state index in [-0.39, 0.29) is 11.3 Å². The molecule has 0 atom stereocenters. The number of hydroxylamine groups is 2. The molecule has 0 unspecified atom stereocenters. The fourth-order valence-corrected chi connectivity index (χ4v) is 1.32. The number of carbonyl (C=O) groups is 1. The van der Waals surface area contributed by atoms with Crippen LogP contribution in [0.25, 0.3) is 0 Å². The van der Waals surface area contributed by atoms with E-state index in [9.17, 15) is 14.9 Å². The minimum absolute atomic E-state index is 0.0765. The Morgan fingerprint density at radius 1 is 1.37 bits per heavy atom. The Morgan fingerprint density at radius 2 is 2.00 bits per heavy atom. The van der Waals surface area contributed by atoms with Crippen molar-refractivity contribution in [3.8, 4) is 0 Å². The molecule has 0 saturated carbocycles. The Balaban J connectivity index is 2.71. The van der Waals surface area contributed by atoms with Crippen molar-refractivity contribution >= 4 is 11.6 Å². The average molecular weight is 268 g/mol. The van der Waals surface area contributed by atoms with E-state index >= 15 is 0 Å². The summed E-state index contributed by atoms with van der Waals surface area (Å²) in [5.74, 6) is -0.506. The third-order valence-electron chi connectivity index (χ3n) is 2.36. The number of hydrogen-bond acceptors (Lipinski definition) is 5. The standard InChI is InChI=1S/C12H16N2O5/c1-3-4-9-19-14(18-2)12(15)10-5-7-11(8-6-10)13(16)17/h5-8H,3-4,9H2,1-2H3. The Labute approximate surface area is 110 Å².